The zero-order valence-corrected chi connectivity index (χ0v) is 15.1. The summed E-state index contributed by atoms with van der Waals surface area (Å²) in [6.45, 7) is 1.58. The molecule has 1 N–H and O–H groups in total. The van der Waals surface area contributed by atoms with Crippen molar-refractivity contribution in [2.45, 2.75) is 19.4 Å². The molecule has 1 aliphatic heterocycles. The fraction of sp³-hybridized carbons (Fsp3) is 0.421. The zero-order chi connectivity index (χ0) is 18.5. The minimum absolute atomic E-state index is 0.0312. The van der Waals surface area contributed by atoms with Crippen molar-refractivity contribution in [2.24, 2.45) is 5.92 Å². The van der Waals surface area contributed by atoms with Crippen LogP contribution in [-0.2, 0) is 11.3 Å². The minimum atomic E-state index is -0.111. The van der Waals surface area contributed by atoms with Crippen LogP contribution in [0.2, 0.25) is 0 Å². The maximum absolute atomic E-state index is 12.5. The van der Waals surface area contributed by atoms with Crippen LogP contribution in [0.4, 0.5) is 5.82 Å². The number of hydrogen-bond donors (Lipinski definition) is 1. The molecule has 0 bridgehead atoms. The van der Waals surface area contributed by atoms with Crippen molar-refractivity contribution in [1.82, 2.24) is 15.2 Å². The highest BCUT2D eigenvalue weighted by Crippen LogP contribution is 2.20. The van der Waals surface area contributed by atoms with E-state index in [4.69, 9.17) is 4.42 Å². The third-order valence-electron chi connectivity index (χ3n) is 4.63. The smallest absolute Gasteiger partial charge is 0.289 e. The lowest BCUT2D eigenvalue weighted by Gasteiger charge is -2.30. The first-order valence-electron chi connectivity index (χ1n) is 8.78. The van der Waals surface area contributed by atoms with E-state index in [0.717, 1.165) is 11.4 Å². The summed E-state index contributed by atoms with van der Waals surface area (Å²) < 4.78 is 5.16. The van der Waals surface area contributed by atoms with Gasteiger partial charge in [0.2, 0.25) is 5.91 Å². The molecule has 1 saturated heterocycles. The second-order valence-electron chi connectivity index (χ2n) is 6.64. The van der Waals surface area contributed by atoms with E-state index in [1.54, 1.807) is 23.2 Å². The van der Waals surface area contributed by atoms with Crippen LogP contribution in [0.1, 0.15) is 29.0 Å². The first kappa shape index (κ1) is 18.0. The van der Waals surface area contributed by atoms with E-state index in [0.29, 0.717) is 38.2 Å². The number of likely N-dealkylation sites (tertiary alicyclic amines) is 1. The van der Waals surface area contributed by atoms with E-state index < -0.39 is 0 Å². The molecule has 2 aromatic rings. The van der Waals surface area contributed by atoms with Crippen LogP contribution in [0, 0.1) is 5.92 Å². The second-order valence-corrected chi connectivity index (χ2v) is 6.64. The van der Waals surface area contributed by atoms with Gasteiger partial charge in [-0.05, 0) is 31.0 Å². The van der Waals surface area contributed by atoms with Crippen molar-refractivity contribution in [1.29, 1.82) is 0 Å². The van der Waals surface area contributed by atoms with Gasteiger partial charge in [0.15, 0.2) is 5.76 Å². The predicted molar refractivity (Wildman–Crippen MR) is 97.7 cm³/mol. The molecule has 26 heavy (non-hydrogen) atoms. The molecule has 3 heterocycles. The maximum atomic E-state index is 12.5. The summed E-state index contributed by atoms with van der Waals surface area (Å²) in [4.78, 5) is 32.8. The molecule has 0 aliphatic carbocycles. The molecule has 3 rings (SSSR count). The predicted octanol–water partition coefficient (Wildman–Crippen LogP) is 1.91. The topological polar surface area (TPSA) is 78.7 Å². The van der Waals surface area contributed by atoms with Crippen LogP contribution < -0.4 is 10.2 Å². The Morgan fingerprint density at radius 1 is 1.27 bits per heavy atom. The molecule has 2 amide bonds. The Bertz CT molecular complexity index is 750. The normalized spacial score (nSPS) is 14.9. The number of aromatic nitrogens is 1. The largest absolute Gasteiger partial charge is 0.459 e. The Balaban J connectivity index is 1.51. The summed E-state index contributed by atoms with van der Waals surface area (Å²) in [6.07, 6.45) is 4.55. The number of rotatable bonds is 5. The lowest BCUT2D eigenvalue weighted by molar-refractivity contribution is -0.126. The molecule has 1 fully saturated rings. The van der Waals surface area contributed by atoms with E-state index in [1.165, 1.54) is 6.26 Å². The van der Waals surface area contributed by atoms with Crippen molar-refractivity contribution >= 4 is 17.6 Å². The lowest BCUT2D eigenvalue weighted by Crippen LogP contribution is -2.42. The van der Waals surface area contributed by atoms with Crippen molar-refractivity contribution in [3.05, 3.63) is 48.0 Å². The molecule has 0 spiro atoms. The Kier molecular flexibility index (Phi) is 5.55. The van der Waals surface area contributed by atoms with E-state index in [1.807, 2.05) is 31.1 Å². The molecule has 0 radical (unpaired) electrons. The number of anilines is 1. The average molecular weight is 356 g/mol. The highest BCUT2D eigenvalue weighted by molar-refractivity contribution is 5.91. The van der Waals surface area contributed by atoms with Crippen molar-refractivity contribution in [3.63, 3.8) is 0 Å². The standard InChI is InChI=1S/C19H24N4O3/c1-22(2)17-15(5-3-9-20-17)13-21-18(24)14-7-10-23(11-8-14)19(25)16-6-4-12-26-16/h3-6,9,12,14H,7-8,10-11,13H2,1-2H3,(H,21,24). The summed E-state index contributed by atoms with van der Waals surface area (Å²) in [5.74, 6) is 1.05. The van der Waals surface area contributed by atoms with Crippen LogP contribution in [0.3, 0.4) is 0 Å². The van der Waals surface area contributed by atoms with Gasteiger partial charge in [-0.15, -0.1) is 0 Å². The Morgan fingerprint density at radius 2 is 2.04 bits per heavy atom. The van der Waals surface area contributed by atoms with Crippen LogP contribution in [-0.4, -0.2) is 48.9 Å². The maximum Gasteiger partial charge on any atom is 0.289 e. The molecule has 0 aromatic carbocycles. The molecule has 0 unspecified atom stereocenters. The average Bonchev–Trinajstić information content (AvgIpc) is 3.20. The Labute approximate surface area is 153 Å². The van der Waals surface area contributed by atoms with Gasteiger partial charge in [0.1, 0.15) is 5.82 Å². The summed E-state index contributed by atoms with van der Waals surface area (Å²) in [7, 11) is 3.86. The molecule has 1 aliphatic rings. The number of amides is 2. The summed E-state index contributed by atoms with van der Waals surface area (Å²) in [5, 5.41) is 3.01. The van der Waals surface area contributed by atoms with Gasteiger partial charge >= 0.3 is 0 Å². The van der Waals surface area contributed by atoms with E-state index in [-0.39, 0.29) is 17.7 Å². The summed E-state index contributed by atoms with van der Waals surface area (Å²) in [5.41, 5.74) is 0.983. The fourth-order valence-corrected chi connectivity index (χ4v) is 3.20. The lowest BCUT2D eigenvalue weighted by atomic mass is 9.95. The number of furan rings is 1. The van der Waals surface area contributed by atoms with Gasteiger partial charge < -0.3 is 19.5 Å². The fourth-order valence-electron chi connectivity index (χ4n) is 3.20. The van der Waals surface area contributed by atoms with Gasteiger partial charge in [-0.3, -0.25) is 9.59 Å². The van der Waals surface area contributed by atoms with Gasteiger partial charge in [0.05, 0.1) is 6.26 Å². The number of pyridine rings is 1. The molecule has 7 heteroatoms. The number of nitrogens with zero attached hydrogens (tertiary/aromatic N) is 3. The molecule has 138 valence electrons. The number of carbonyl (C=O) groups excluding carboxylic acids is 2. The van der Waals surface area contributed by atoms with Crippen molar-refractivity contribution in [3.8, 4) is 0 Å². The van der Waals surface area contributed by atoms with Crippen LogP contribution in [0.5, 0.6) is 0 Å². The highest BCUT2D eigenvalue weighted by Gasteiger charge is 2.28. The Hall–Kier alpha value is -2.83. The molecule has 7 nitrogen and oxygen atoms in total. The highest BCUT2D eigenvalue weighted by atomic mass is 16.3. The van der Waals surface area contributed by atoms with E-state index in [9.17, 15) is 9.59 Å². The first-order valence-corrected chi connectivity index (χ1v) is 8.78. The first-order chi connectivity index (χ1) is 12.6. The van der Waals surface area contributed by atoms with Gasteiger partial charge in [-0.2, -0.15) is 0 Å². The van der Waals surface area contributed by atoms with E-state index in [2.05, 4.69) is 10.3 Å². The van der Waals surface area contributed by atoms with Gasteiger partial charge in [0.25, 0.3) is 5.91 Å². The van der Waals surface area contributed by atoms with Gasteiger partial charge in [-0.1, -0.05) is 6.07 Å². The van der Waals surface area contributed by atoms with Crippen LogP contribution in [0.15, 0.2) is 41.1 Å². The molecule has 0 atom stereocenters. The van der Waals surface area contributed by atoms with Gasteiger partial charge in [-0.25, -0.2) is 4.98 Å². The van der Waals surface area contributed by atoms with Crippen molar-refractivity contribution < 1.29 is 14.0 Å². The Morgan fingerprint density at radius 3 is 2.69 bits per heavy atom. The minimum Gasteiger partial charge on any atom is -0.459 e. The number of carbonyl (C=O) groups is 2. The quantitative estimate of drug-likeness (QED) is 0.885. The number of piperidine rings is 1. The molecule has 0 saturated carbocycles. The van der Waals surface area contributed by atoms with E-state index >= 15 is 0 Å². The molecular formula is C19H24N4O3. The zero-order valence-electron chi connectivity index (χ0n) is 15.1. The molecule has 2 aromatic heterocycles. The summed E-state index contributed by atoms with van der Waals surface area (Å²) >= 11 is 0. The molecular weight excluding hydrogens is 332 g/mol. The SMILES string of the molecule is CN(C)c1ncccc1CNC(=O)C1CCN(C(=O)c2ccco2)CC1. The second kappa shape index (κ2) is 8.03. The number of nitrogens with one attached hydrogen (secondary N) is 1. The monoisotopic (exact) mass is 356 g/mol. The third-order valence-corrected chi connectivity index (χ3v) is 4.63. The van der Waals surface area contributed by atoms with Gasteiger partial charge in [0, 0.05) is 51.4 Å². The third kappa shape index (κ3) is 4.04. The number of hydrogen-bond acceptors (Lipinski definition) is 5. The van der Waals surface area contributed by atoms with Crippen molar-refractivity contribution in [2.75, 3.05) is 32.1 Å². The van der Waals surface area contributed by atoms with Crippen LogP contribution in [0.25, 0.3) is 0 Å². The van der Waals surface area contributed by atoms with Crippen LogP contribution >= 0.6 is 0 Å². The summed E-state index contributed by atoms with van der Waals surface area (Å²) in [6, 6.07) is 7.20.